The lowest BCUT2D eigenvalue weighted by molar-refractivity contribution is -0.142. The van der Waals surface area contributed by atoms with E-state index in [0.29, 0.717) is 0 Å². The molecule has 4 heteroatoms. The molecule has 0 saturated carbocycles. The highest BCUT2D eigenvalue weighted by molar-refractivity contribution is 5.70. The molecule has 88 valence electrons. The number of carboxylic acid groups (broad SMARTS) is 1. The highest BCUT2D eigenvalue weighted by atomic mass is 16.4. The summed E-state index contributed by atoms with van der Waals surface area (Å²) in [4.78, 5) is 14.8. The second kappa shape index (κ2) is 5.61. The van der Waals surface area contributed by atoms with Crippen molar-refractivity contribution in [3.8, 4) is 0 Å². The van der Waals surface area contributed by atoms with Crippen LogP contribution in [-0.2, 0) is 4.79 Å². The molecule has 4 nitrogen and oxygen atoms in total. The smallest absolute Gasteiger partial charge is 0.307 e. The van der Waals surface area contributed by atoms with Crippen LogP contribution in [-0.4, -0.2) is 22.1 Å². The number of hydrogen-bond donors (Lipinski definition) is 2. The number of nitrogens with zero attached hydrogens (tertiary/aromatic N) is 1. The standard InChI is InChI=1S/C12H18N2O2/c1-8(12(15)16)9(2)14-10(3)11-4-6-13-7-5-11/h4-10,14H,1-3H3,(H,15,16)/t8?,9?,10-/m0/s1. The second-order valence-electron chi connectivity index (χ2n) is 4.08. The van der Waals surface area contributed by atoms with E-state index in [4.69, 9.17) is 5.11 Å². The number of nitrogens with one attached hydrogen (secondary N) is 1. The molecule has 16 heavy (non-hydrogen) atoms. The molecule has 0 amide bonds. The monoisotopic (exact) mass is 222 g/mol. The Labute approximate surface area is 95.7 Å². The number of aliphatic carboxylic acids is 1. The maximum absolute atomic E-state index is 10.8. The molecule has 0 saturated heterocycles. The predicted octanol–water partition coefficient (Wildman–Crippen LogP) is 1.84. The van der Waals surface area contributed by atoms with Gasteiger partial charge in [0.2, 0.25) is 0 Å². The van der Waals surface area contributed by atoms with Gasteiger partial charge in [-0.15, -0.1) is 0 Å². The lowest BCUT2D eigenvalue weighted by Gasteiger charge is -2.23. The molecule has 2 unspecified atom stereocenters. The van der Waals surface area contributed by atoms with Crippen LogP contribution in [0.1, 0.15) is 32.4 Å². The van der Waals surface area contributed by atoms with Crippen molar-refractivity contribution in [2.75, 3.05) is 0 Å². The normalized spacial score (nSPS) is 16.4. The third-order valence-corrected chi connectivity index (χ3v) is 2.86. The summed E-state index contributed by atoms with van der Waals surface area (Å²) in [6.45, 7) is 5.61. The minimum Gasteiger partial charge on any atom is -0.481 e. The Bertz CT molecular complexity index is 340. The molecule has 0 aliphatic rings. The van der Waals surface area contributed by atoms with E-state index in [9.17, 15) is 4.79 Å². The van der Waals surface area contributed by atoms with Crippen molar-refractivity contribution in [3.63, 3.8) is 0 Å². The van der Waals surface area contributed by atoms with Crippen LogP contribution in [0.15, 0.2) is 24.5 Å². The molecule has 0 spiro atoms. The summed E-state index contributed by atoms with van der Waals surface area (Å²) in [5.41, 5.74) is 1.11. The SMILES string of the molecule is CC(N[C@@H](C)c1ccncc1)C(C)C(=O)O. The molecule has 0 bridgehead atoms. The fraction of sp³-hybridized carbons (Fsp3) is 0.500. The van der Waals surface area contributed by atoms with Gasteiger partial charge in [-0.3, -0.25) is 9.78 Å². The number of carboxylic acids is 1. The van der Waals surface area contributed by atoms with E-state index < -0.39 is 11.9 Å². The molecule has 0 fully saturated rings. The van der Waals surface area contributed by atoms with Gasteiger partial charge in [-0.05, 0) is 31.5 Å². The van der Waals surface area contributed by atoms with E-state index in [0.717, 1.165) is 5.56 Å². The van der Waals surface area contributed by atoms with Gasteiger partial charge in [0.05, 0.1) is 5.92 Å². The van der Waals surface area contributed by atoms with Crippen LogP contribution in [0.2, 0.25) is 0 Å². The minimum atomic E-state index is -0.776. The van der Waals surface area contributed by atoms with Crippen LogP contribution < -0.4 is 5.32 Å². The molecule has 1 heterocycles. The van der Waals surface area contributed by atoms with Crippen LogP contribution >= 0.6 is 0 Å². The van der Waals surface area contributed by atoms with Crippen LogP contribution in [0, 0.1) is 5.92 Å². The van der Waals surface area contributed by atoms with Crippen LogP contribution in [0.5, 0.6) is 0 Å². The quantitative estimate of drug-likeness (QED) is 0.798. The topological polar surface area (TPSA) is 62.2 Å². The van der Waals surface area contributed by atoms with E-state index in [1.807, 2.05) is 26.0 Å². The van der Waals surface area contributed by atoms with Crippen molar-refractivity contribution in [1.82, 2.24) is 10.3 Å². The Morgan fingerprint density at radius 3 is 2.38 bits per heavy atom. The lowest BCUT2D eigenvalue weighted by Crippen LogP contribution is -2.37. The van der Waals surface area contributed by atoms with Crippen LogP contribution in [0.3, 0.4) is 0 Å². The van der Waals surface area contributed by atoms with Gasteiger partial charge < -0.3 is 10.4 Å². The highest BCUT2D eigenvalue weighted by Gasteiger charge is 2.20. The van der Waals surface area contributed by atoms with Crippen LogP contribution in [0.25, 0.3) is 0 Å². The van der Waals surface area contributed by atoms with Crippen LogP contribution in [0.4, 0.5) is 0 Å². The summed E-state index contributed by atoms with van der Waals surface area (Å²) in [6.07, 6.45) is 3.47. The zero-order chi connectivity index (χ0) is 12.1. The first-order chi connectivity index (χ1) is 7.52. The Hall–Kier alpha value is -1.42. The molecule has 0 radical (unpaired) electrons. The van der Waals surface area contributed by atoms with E-state index >= 15 is 0 Å². The highest BCUT2D eigenvalue weighted by Crippen LogP contribution is 2.13. The number of pyridine rings is 1. The van der Waals surface area contributed by atoms with Gasteiger partial charge in [0.1, 0.15) is 0 Å². The summed E-state index contributed by atoms with van der Waals surface area (Å²) >= 11 is 0. The first-order valence-electron chi connectivity index (χ1n) is 5.41. The molecule has 3 atom stereocenters. The fourth-order valence-electron chi connectivity index (χ4n) is 1.50. The van der Waals surface area contributed by atoms with Gasteiger partial charge in [-0.2, -0.15) is 0 Å². The summed E-state index contributed by atoms with van der Waals surface area (Å²) in [5, 5.41) is 12.2. The maximum atomic E-state index is 10.8. The molecular weight excluding hydrogens is 204 g/mol. The molecule has 0 aliphatic carbocycles. The Balaban J connectivity index is 2.58. The first kappa shape index (κ1) is 12.6. The second-order valence-corrected chi connectivity index (χ2v) is 4.08. The summed E-state index contributed by atoms with van der Waals surface area (Å²) < 4.78 is 0. The van der Waals surface area contributed by atoms with Gasteiger partial charge in [-0.25, -0.2) is 0 Å². The van der Waals surface area contributed by atoms with Gasteiger partial charge in [0.15, 0.2) is 0 Å². The predicted molar refractivity (Wildman–Crippen MR) is 62.0 cm³/mol. The largest absolute Gasteiger partial charge is 0.481 e. The molecule has 0 aliphatic heterocycles. The third-order valence-electron chi connectivity index (χ3n) is 2.86. The van der Waals surface area contributed by atoms with E-state index in [1.54, 1.807) is 19.3 Å². The van der Waals surface area contributed by atoms with E-state index in [2.05, 4.69) is 10.3 Å². The molecule has 0 aromatic carbocycles. The van der Waals surface area contributed by atoms with E-state index in [-0.39, 0.29) is 12.1 Å². The van der Waals surface area contributed by atoms with Gasteiger partial charge in [0.25, 0.3) is 0 Å². The number of carbonyl (C=O) groups is 1. The van der Waals surface area contributed by atoms with Crippen molar-refractivity contribution in [2.45, 2.75) is 32.9 Å². The average Bonchev–Trinajstić information content (AvgIpc) is 2.28. The summed E-state index contributed by atoms with van der Waals surface area (Å²) in [7, 11) is 0. The number of aromatic nitrogens is 1. The van der Waals surface area contributed by atoms with Gasteiger partial charge in [-0.1, -0.05) is 6.92 Å². The fourth-order valence-corrected chi connectivity index (χ4v) is 1.50. The summed E-state index contributed by atoms with van der Waals surface area (Å²) in [5.74, 6) is -1.17. The van der Waals surface area contributed by atoms with Crippen molar-refractivity contribution in [2.24, 2.45) is 5.92 Å². The third kappa shape index (κ3) is 3.31. The maximum Gasteiger partial charge on any atom is 0.307 e. The van der Waals surface area contributed by atoms with Crippen molar-refractivity contribution >= 4 is 5.97 Å². The zero-order valence-electron chi connectivity index (χ0n) is 9.84. The average molecular weight is 222 g/mol. The van der Waals surface area contributed by atoms with E-state index in [1.165, 1.54) is 0 Å². The van der Waals surface area contributed by atoms with Crippen molar-refractivity contribution < 1.29 is 9.90 Å². The Kier molecular flexibility index (Phi) is 4.43. The number of hydrogen-bond acceptors (Lipinski definition) is 3. The minimum absolute atomic E-state index is 0.0688. The Morgan fingerprint density at radius 1 is 1.31 bits per heavy atom. The first-order valence-corrected chi connectivity index (χ1v) is 5.41. The van der Waals surface area contributed by atoms with Gasteiger partial charge in [0, 0.05) is 24.5 Å². The number of rotatable bonds is 5. The molecule has 1 rings (SSSR count). The molecular formula is C12H18N2O2. The molecule has 1 aromatic heterocycles. The Morgan fingerprint density at radius 2 is 1.88 bits per heavy atom. The van der Waals surface area contributed by atoms with Crippen molar-refractivity contribution in [3.05, 3.63) is 30.1 Å². The zero-order valence-corrected chi connectivity index (χ0v) is 9.84. The van der Waals surface area contributed by atoms with Gasteiger partial charge >= 0.3 is 5.97 Å². The summed E-state index contributed by atoms with van der Waals surface area (Å²) in [6, 6.07) is 3.91. The van der Waals surface area contributed by atoms with Crippen molar-refractivity contribution in [1.29, 1.82) is 0 Å². The lowest BCUT2D eigenvalue weighted by atomic mass is 10.0. The molecule has 2 N–H and O–H groups in total. The molecule has 1 aromatic rings.